The number of rotatable bonds is 2. The van der Waals surface area contributed by atoms with Gasteiger partial charge in [0.1, 0.15) is 0 Å². The van der Waals surface area contributed by atoms with Gasteiger partial charge < -0.3 is 5.73 Å². The third kappa shape index (κ3) is 2.45. The molecule has 0 fully saturated rings. The predicted molar refractivity (Wildman–Crippen MR) is 70.4 cm³/mol. The number of carbonyl (C=O) groups excluding carboxylic acids is 1. The Morgan fingerprint density at radius 1 is 1.35 bits per heavy atom. The highest BCUT2D eigenvalue weighted by atomic mass is 32.1. The third-order valence-corrected chi connectivity index (χ3v) is 3.20. The Hall–Kier alpha value is -1.88. The minimum absolute atomic E-state index is 0.161. The standard InChI is InChI=1S/C12H13N3OS/c1-7-5-9(6-8(2)10(7)13)11(16)15-12-14-3-4-17-12/h3-6H,13H2,1-2H3,(H,14,15,16). The second-order valence-electron chi connectivity index (χ2n) is 3.82. The topological polar surface area (TPSA) is 68.0 Å². The Kier molecular flexibility index (Phi) is 3.10. The molecule has 17 heavy (non-hydrogen) atoms. The fraction of sp³-hybridized carbons (Fsp3) is 0.167. The Morgan fingerprint density at radius 3 is 2.53 bits per heavy atom. The van der Waals surface area contributed by atoms with Crippen molar-refractivity contribution in [1.82, 2.24) is 4.98 Å². The second-order valence-corrected chi connectivity index (χ2v) is 4.71. The smallest absolute Gasteiger partial charge is 0.257 e. The average Bonchev–Trinajstić information content (AvgIpc) is 2.77. The van der Waals surface area contributed by atoms with Crippen molar-refractivity contribution in [1.29, 1.82) is 0 Å². The van der Waals surface area contributed by atoms with Crippen LogP contribution in [0.25, 0.3) is 0 Å². The zero-order valence-corrected chi connectivity index (χ0v) is 10.5. The van der Waals surface area contributed by atoms with Gasteiger partial charge in [-0.3, -0.25) is 10.1 Å². The van der Waals surface area contributed by atoms with Gasteiger partial charge in [-0.15, -0.1) is 11.3 Å². The Morgan fingerprint density at radius 2 is 2.00 bits per heavy atom. The maximum absolute atomic E-state index is 11.9. The summed E-state index contributed by atoms with van der Waals surface area (Å²) in [5.74, 6) is -0.161. The van der Waals surface area contributed by atoms with Crippen LogP contribution in [0.2, 0.25) is 0 Å². The molecule has 1 aromatic heterocycles. The highest BCUT2D eigenvalue weighted by molar-refractivity contribution is 7.13. The monoisotopic (exact) mass is 247 g/mol. The summed E-state index contributed by atoms with van der Waals surface area (Å²) in [4.78, 5) is 15.9. The van der Waals surface area contributed by atoms with Crippen molar-refractivity contribution >= 4 is 28.1 Å². The number of nitrogens with two attached hydrogens (primary N) is 1. The van der Waals surface area contributed by atoms with Crippen molar-refractivity contribution < 1.29 is 4.79 Å². The Bertz CT molecular complexity index is 526. The Labute approximate surface area is 103 Å². The molecule has 0 radical (unpaired) electrons. The lowest BCUT2D eigenvalue weighted by Gasteiger charge is -2.08. The number of hydrogen-bond donors (Lipinski definition) is 2. The van der Waals surface area contributed by atoms with E-state index in [4.69, 9.17) is 5.73 Å². The average molecular weight is 247 g/mol. The van der Waals surface area contributed by atoms with Crippen LogP contribution in [-0.2, 0) is 0 Å². The summed E-state index contributed by atoms with van der Waals surface area (Å²) in [7, 11) is 0. The van der Waals surface area contributed by atoms with E-state index < -0.39 is 0 Å². The molecule has 0 aliphatic heterocycles. The lowest BCUT2D eigenvalue weighted by Crippen LogP contribution is -2.12. The van der Waals surface area contributed by atoms with Crippen LogP contribution < -0.4 is 11.1 Å². The van der Waals surface area contributed by atoms with Crippen LogP contribution in [0.15, 0.2) is 23.7 Å². The summed E-state index contributed by atoms with van der Waals surface area (Å²) in [6, 6.07) is 3.57. The highest BCUT2D eigenvalue weighted by Crippen LogP contribution is 2.20. The molecule has 1 heterocycles. The van der Waals surface area contributed by atoms with Crippen LogP contribution >= 0.6 is 11.3 Å². The minimum atomic E-state index is -0.161. The summed E-state index contributed by atoms with van der Waals surface area (Å²) in [5.41, 5.74) is 9.00. The summed E-state index contributed by atoms with van der Waals surface area (Å²) in [5, 5.41) is 5.15. The molecule has 1 aromatic carbocycles. The van der Waals surface area contributed by atoms with E-state index >= 15 is 0 Å². The summed E-state index contributed by atoms with van der Waals surface area (Å²) in [6.45, 7) is 3.78. The maximum Gasteiger partial charge on any atom is 0.257 e. The Balaban J connectivity index is 2.26. The number of amides is 1. The van der Waals surface area contributed by atoms with Crippen molar-refractivity contribution in [2.75, 3.05) is 11.1 Å². The van der Waals surface area contributed by atoms with E-state index in [9.17, 15) is 4.79 Å². The number of anilines is 2. The fourth-order valence-corrected chi connectivity index (χ4v) is 2.08. The molecule has 88 valence electrons. The van der Waals surface area contributed by atoms with E-state index in [1.807, 2.05) is 19.2 Å². The van der Waals surface area contributed by atoms with Gasteiger partial charge in [-0.25, -0.2) is 4.98 Å². The molecule has 0 unspecified atom stereocenters. The van der Waals surface area contributed by atoms with Crippen LogP contribution in [0.1, 0.15) is 21.5 Å². The van der Waals surface area contributed by atoms with Gasteiger partial charge in [0, 0.05) is 22.8 Å². The van der Waals surface area contributed by atoms with Crippen molar-refractivity contribution in [3.8, 4) is 0 Å². The number of benzene rings is 1. The molecule has 0 aliphatic carbocycles. The van der Waals surface area contributed by atoms with E-state index in [-0.39, 0.29) is 5.91 Å². The summed E-state index contributed by atoms with van der Waals surface area (Å²) in [6.07, 6.45) is 1.65. The molecule has 4 nitrogen and oxygen atoms in total. The van der Waals surface area contributed by atoms with E-state index in [0.717, 1.165) is 16.8 Å². The normalized spacial score (nSPS) is 10.2. The van der Waals surface area contributed by atoms with Crippen molar-refractivity contribution in [2.45, 2.75) is 13.8 Å². The van der Waals surface area contributed by atoms with Gasteiger partial charge in [-0.05, 0) is 37.1 Å². The van der Waals surface area contributed by atoms with Gasteiger partial charge in [0.05, 0.1) is 0 Å². The van der Waals surface area contributed by atoms with Gasteiger partial charge in [-0.2, -0.15) is 0 Å². The predicted octanol–water partition coefficient (Wildman–Crippen LogP) is 2.59. The van der Waals surface area contributed by atoms with Crippen LogP contribution in [0.4, 0.5) is 10.8 Å². The van der Waals surface area contributed by atoms with Crippen molar-refractivity contribution in [3.05, 3.63) is 40.4 Å². The first-order chi connectivity index (χ1) is 8.08. The SMILES string of the molecule is Cc1cc(C(=O)Nc2nccs2)cc(C)c1N. The first-order valence-electron chi connectivity index (χ1n) is 5.15. The molecular formula is C12H13N3OS. The number of carbonyl (C=O) groups is 1. The number of thiazole rings is 1. The van der Waals surface area contributed by atoms with E-state index in [1.54, 1.807) is 18.3 Å². The largest absolute Gasteiger partial charge is 0.398 e. The molecular weight excluding hydrogens is 234 g/mol. The van der Waals surface area contributed by atoms with Gasteiger partial charge in [0.25, 0.3) is 5.91 Å². The molecule has 0 atom stereocenters. The van der Waals surface area contributed by atoms with Gasteiger partial charge in [-0.1, -0.05) is 0 Å². The molecule has 3 N–H and O–H groups in total. The number of hydrogen-bond acceptors (Lipinski definition) is 4. The summed E-state index contributed by atoms with van der Waals surface area (Å²) >= 11 is 1.39. The van der Waals surface area contributed by atoms with E-state index in [0.29, 0.717) is 10.7 Å². The van der Waals surface area contributed by atoms with E-state index in [2.05, 4.69) is 10.3 Å². The zero-order valence-electron chi connectivity index (χ0n) is 9.65. The molecule has 0 bridgehead atoms. The zero-order chi connectivity index (χ0) is 12.4. The third-order valence-electron chi connectivity index (χ3n) is 2.51. The summed E-state index contributed by atoms with van der Waals surface area (Å²) < 4.78 is 0. The quantitative estimate of drug-likeness (QED) is 0.801. The van der Waals surface area contributed by atoms with Crippen LogP contribution in [-0.4, -0.2) is 10.9 Å². The molecule has 5 heteroatoms. The highest BCUT2D eigenvalue weighted by Gasteiger charge is 2.10. The first-order valence-corrected chi connectivity index (χ1v) is 6.03. The van der Waals surface area contributed by atoms with Crippen molar-refractivity contribution in [2.24, 2.45) is 0 Å². The lowest BCUT2D eigenvalue weighted by molar-refractivity contribution is 0.102. The van der Waals surface area contributed by atoms with Crippen LogP contribution in [0.3, 0.4) is 0 Å². The van der Waals surface area contributed by atoms with Crippen LogP contribution in [0, 0.1) is 13.8 Å². The van der Waals surface area contributed by atoms with Crippen LogP contribution in [0.5, 0.6) is 0 Å². The molecule has 0 saturated carbocycles. The van der Waals surface area contributed by atoms with Gasteiger partial charge in [0.15, 0.2) is 5.13 Å². The molecule has 1 amide bonds. The number of aryl methyl sites for hydroxylation is 2. The maximum atomic E-state index is 11.9. The number of nitrogens with one attached hydrogen (secondary N) is 1. The molecule has 0 aliphatic rings. The number of aromatic nitrogens is 1. The van der Waals surface area contributed by atoms with Crippen molar-refractivity contribution in [3.63, 3.8) is 0 Å². The molecule has 0 spiro atoms. The first kappa shape index (κ1) is 11.6. The molecule has 0 saturated heterocycles. The number of nitrogen functional groups attached to an aromatic ring is 1. The van der Waals surface area contributed by atoms with Gasteiger partial charge in [0.2, 0.25) is 0 Å². The molecule has 2 aromatic rings. The lowest BCUT2D eigenvalue weighted by atomic mass is 10.0. The minimum Gasteiger partial charge on any atom is -0.398 e. The second kappa shape index (κ2) is 4.55. The number of nitrogens with zero attached hydrogens (tertiary/aromatic N) is 1. The molecule has 2 rings (SSSR count). The van der Waals surface area contributed by atoms with Gasteiger partial charge >= 0.3 is 0 Å². The fourth-order valence-electron chi connectivity index (χ4n) is 1.56. The van der Waals surface area contributed by atoms with E-state index in [1.165, 1.54) is 11.3 Å².